The van der Waals surface area contributed by atoms with E-state index in [2.05, 4.69) is 20.7 Å². The summed E-state index contributed by atoms with van der Waals surface area (Å²) in [5.41, 5.74) is 10.2. The highest BCUT2D eigenvalue weighted by Gasteiger charge is 1.96. The standard InChI is InChI=1S/C10H12N4S/c11-8-3-10(5-12-4-8)13-2-1-9-6-15-7-14-9/h3-7,13H,1-2,11H2. The highest BCUT2D eigenvalue weighted by Crippen LogP contribution is 2.09. The Morgan fingerprint density at radius 2 is 2.33 bits per heavy atom. The van der Waals surface area contributed by atoms with Crippen LogP contribution in [-0.4, -0.2) is 16.5 Å². The summed E-state index contributed by atoms with van der Waals surface area (Å²) in [5.74, 6) is 0. The van der Waals surface area contributed by atoms with E-state index in [0.717, 1.165) is 24.3 Å². The van der Waals surface area contributed by atoms with Crippen LogP contribution in [0.5, 0.6) is 0 Å². The number of nitrogens with one attached hydrogen (secondary N) is 1. The van der Waals surface area contributed by atoms with Gasteiger partial charge in [-0.05, 0) is 6.07 Å². The average molecular weight is 220 g/mol. The summed E-state index contributed by atoms with van der Waals surface area (Å²) < 4.78 is 0. The van der Waals surface area contributed by atoms with E-state index in [1.165, 1.54) is 0 Å². The van der Waals surface area contributed by atoms with Gasteiger partial charge in [0.15, 0.2) is 0 Å². The van der Waals surface area contributed by atoms with Gasteiger partial charge in [-0.1, -0.05) is 0 Å². The van der Waals surface area contributed by atoms with Crippen LogP contribution in [0.4, 0.5) is 11.4 Å². The van der Waals surface area contributed by atoms with Crippen molar-refractivity contribution < 1.29 is 0 Å². The molecule has 0 bridgehead atoms. The summed E-state index contributed by atoms with van der Waals surface area (Å²) in [5, 5.41) is 5.30. The number of aromatic nitrogens is 2. The zero-order valence-electron chi connectivity index (χ0n) is 8.18. The molecule has 0 fully saturated rings. The summed E-state index contributed by atoms with van der Waals surface area (Å²) in [7, 11) is 0. The zero-order valence-corrected chi connectivity index (χ0v) is 9.00. The fraction of sp³-hybridized carbons (Fsp3) is 0.200. The van der Waals surface area contributed by atoms with E-state index in [1.54, 1.807) is 23.7 Å². The molecule has 3 N–H and O–H groups in total. The molecule has 15 heavy (non-hydrogen) atoms. The van der Waals surface area contributed by atoms with Crippen LogP contribution in [0.15, 0.2) is 29.4 Å². The van der Waals surface area contributed by atoms with Crippen LogP contribution in [0.3, 0.4) is 0 Å². The number of rotatable bonds is 4. The van der Waals surface area contributed by atoms with Crippen molar-refractivity contribution in [1.82, 2.24) is 9.97 Å². The molecule has 2 aromatic heterocycles. The quantitative estimate of drug-likeness (QED) is 0.824. The summed E-state index contributed by atoms with van der Waals surface area (Å²) in [6.45, 7) is 0.842. The Kier molecular flexibility index (Phi) is 3.14. The molecule has 0 unspecified atom stereocenters. The number of nitrogens with two attached hydrogens (primary N) is 1. The van der Waals surface area contributed by atoms with Crippen LogP contribution in [0.25, 0.3) is 0 Å². The second-order valence-corrected chi connectivity index (χ2v) is 3.88. The Bertz CT molecular complexity index is 413. The first-order valence-corrected chi connectivity index (χ1v) is 5.60. The fourth-order valence-corrected chi connectivity index (χ4v) is 1.84. The average Bonchev–Trinajstić information content (AvgIpc) is 2.71. The number of hydrogen-bond acceptors (Lipinski definition) is 5. The first-order valence-electron chi connectivity index (χ1n) is 4.66. The molecule has 0 atom stereocenters. The van der Waals surface area contributed by atoms with Gasteiger partial charge in [0.05, 0.1) is 28.8 Å². The lowest BCUT2D eigenvalue weighted by Crippen LogP contribution is -2.05. The van der Waals surface area contributed by atoms with Gasteiger partial charge in [-0.25, -0.2) is 4.98 Å². The van der Waals surface area contributed by atoms with Crippen LogP contribution in [0, 0.1) is 0 Å². The highest BCUT2D eigenvalue weighted by molar-refractivity contribution is 7.07. The SMILES string of the molecule is Nc1cncc(NCCc2cscn2)c1. The number of thiazole rings is 1. The monoisotopic (exact) mass is 220 g/mol. The predicted octanol–water partition coefficient (Wildman–Crippen LogP) is 1.77. The van der Waals surface area contributed by atoms with Crippen LogP contribution >= 0.6 is 11.3 Å². The van der Waals surface area contributed by atoms with Crippen molar-refractivity contribution in [3.05, 3.63) is 35.0 Å². The molecule has 2 rings (SSSR count). The summed E-state index contributed by atoms with van der Waals surface area (Å²) in [4.78, 5) is 8.20. The third kappa shape index (κ3) is 2.92. The number of hydrogen-bond donors (Lipinski definition) is 2. The second kappa shape index (κ2) is 4.75. The molecule has 5 heteroatoms. The Labute approximate surface area is 92.2 Å². The molecule has 0 spiro atoms. The molecule has 0 saturated carbocycles. The first-order chi connectivity index (χ1) is 7.34. The molecule has 0 aliphatic carbocycles. The molecule has 2 aromatic rings. The van der Waals surface area contributed by atoms with Gasteiger partial charge in [-0.15, -0.1) is 11.3 Å². The maximum Gasteiger partial charge on any atom is 0.0794 e. The van der Waals surface area contributed by atoms with E-state index < -0.39 is 0 Å². The van der Waals surface area contributed by atoms with Gasteiger partial charge >= 0.3 is 0 Å². The molecular weight excluding hydrogens is 208 g/mol. The van der Waals surface area contributed by atoms with Crippen molar-refractivity contribution in [1.29, 1.82) is 0 Å². The smallest absolute Gasteiger partial charge is 0.0794 e. The molecule has 0 amide bonds. The van der Waals surface area contributed by atoms with Crippen LogP contribution in [0.2, 0.25) is 0 Å². The van der Waals surface area contributed by atoms with Gasteiger partial charge < -0.3 is 11.1 Å². The number of nitrogens with zero attached hydrogens (tertiary/aromatic N) is 2. The van der Waals surface area contributed by atoms with Gasteiger partial charge in [-0.3, -0.25) is 4.98 Å². The maximum absolute atomic E-state index is 5.61. The summed E-state index contributed by atoms with van der Waals surface area (Å²) in [6, 6.07) is 1.87. The largest absolute Gasteiger partial charge is 0.397 e. The number of nitrogen functional groups attached to an aromatic ring is 1. The molecular formula is C10H12N4S. The second-order valence-electron chi connectivity index (χ2n) is 3.16. The molecule has 78 valence electrons. The molecule has 2 heterocycles. The lowest BCUT2D eigenvalue weighted by molar-refractivity contribution is 0.975. The Balaban J connectivity index is 1.83. The molecule has 0 radical (unpaired) electrons. The van der Waals surface area contributed by atoms with E-state index >= 15 is 0 Å². The van der Waals surface area contributed by atoms with Gasteiger partial charge in [-0.2, -0.15) is 0 Å². The van der Waals surface area contributed by atoms with Crippen molar-refractivity contribution in [3.8, 4) is 0 Å². The van der Waals surface area contributed by atoms with E-state index in [1.807, 2.05) is 11.6 Å². The van der Waals surface area contributed by atoms with E-state index in [9.17, 15) is 0 Å². The molecule has 0 aromatic carbocycles. The Morgan fingerprint density at radius 1 is 1.40 bits per heavy atom. The van der Waals surface area contributed by atoms with Crippen LogP contribution < -0.4 is 11.1 Å². The summed E-state index contributed by atoms with van der Waals surface area (Å²) in [6.07, 6.45) is 4.31. The molecule has 0 aliphatic heterocycles. The number of pyridine rings is 1. The van der Waals surface area contributed by atoms with Crippen molar-refractivity contribution >= 4 is 22.7 Å². The lowest BCUT2D eigenvalue weighted by atomic mass is 10.3. The van der Waals surface area contributed by atoms with Crippen molar-refractivity contribution in [2.24, 2.45) is 0 Å². The van der Waals surface area contributed by atoms with Gasteiger partial charge in [0.1, 0.15) is 0 Å². The van der Waals surface area contributed by atoms with Crippen molar-refractivity contribution in [3.63, 3.8) is 0 Å². The maximum atomic E-state index is 5.61. The van der Waals surface area contributed by atoms with E-state index in [0.29, 0.717) is 5.69 Å². The third-order valence-corrected chi connectivity index (χ3v) is 2.59. The molecule has 0 aliphatic rings. The minimum absolute atomic E-state index is 0.675. The first kappa shape index (κ1) is 9.92. The zero-order chi connectivity index (χ0) is 10.5. The number of anilines is 2. The van der Waals surface area contributed by atoms with E-state index in [4.69, 9.17) is 5.73 Å². The molecule has 4 nitrogen and oxygen atoms in total. The Hall–Kier alpha value is -1.62. The van der Waals surface area contributed by atoms with Gasteiger partial charge in [0.2, 0.25) is 0 Å². The predicted molar refractivity (Wildman–Crippen MR) is 63.0 cm³/mol. The van der Waals surface area contributed by atoms with Crippen molar-refractivity contribution in [2.75, 3.05) is 17.6 Å². The molecule has 0 saturated heterocycles. The van der Waals surface area contributed by atoms with E-state index in [-0.39, 0.29) is 0 Å². The minimum Gasteiger partial charge on any atom is -0.397 e. The van der Waals surface area contributed by atoms with Gasteiger partial charge in [0.25, 0.3) is 0 Å². The Morgan fingerprint density at radius 3 is 3.07 bits per heavy atom. The van der Waals surface area contributed by atoms with Crippen LogP contribution in [0.1, 0.15) is 5.69 Å². The third-order valence-electron chi connectivity index (χ3n) is 1.95. The van der Waals surface area contributed by atoms with Gasteiger partial charge in [0, 0.05) is 24.5 Å². The van der Waals surface area contributed by atoms with Crippen molar-refractivity contribution in [2.45, 2.75) is 6.42 Å². The summed E-state index contributed by atoms with van der Waals surface area (Å²) >= 11 is 1.62. The topological polar surface area (TPSA) is 63.8 Å². The lowest BCUT2D eigenvalue weighted by Gasteiger charge is -2.04. The minimum atomic E-state index is 0.675. The normalized spacial score (nSPS) is 10.1. The van der Waals surface area contributed by atoms with Crippen LogP contribution in [-0.2, 0) is 6.42 Å². The fourth-order valence-electron chi connectivity index (χ4n) is 1.25. The highest BCUT2D eigenvalue weighted by atomic mass is 32.1.